The molecule has 1 N–H and O–H groups in total. The number of carbonyl (C=O) groups excluding carboxylic acids is 1. The van der Waals surface area contributed by atoms with Gasteiger partial charge in [0.1, 0.15) is 11.9 Å². The number of nitrogens with one attached hydrogen (secondary N) is 1. The van der Waals surface area contributed by atoms with Gasteiger partial charge in [-0.3, -0.25) is 4.79 Å². The Balaban J connectivity index is 1.25. The van der Waals surface area contributed by atoms with Gasteiger partial charge in [0, 0.05) is 24.7 Å². The van der Waals surface area contributed by atoms with Gasteiger partial charge in [-0.25, -0.2) is 9.97 Å². The molecule has 1 aliphatic heterocycles. The van der Waals surface area contributed by atoms with Crippen LogP contribution in [0.2, 0.25) is 0 Å². The van der Waals surface area contributed by atoms with Gasteiger partial charge in [-0.1, -0.05) is 24.3 Å². The number of para-hydroxylation sites is 1. The van der Waals surface area contributed by atoms with Gasteiger partial charge in [0.15, 0.2) is 5.82 Å². The third kappa shape index (κ3) is 2.68. The molecule has 3 aliphatic rings. The number of benzene rings is 1. The maximum Gasteiger partial charge on any atom is 0.223 e. The van der Waals surface area contributed by atoms with Crippen LogP contribution in [0, 0.1) is 17.8 Å². The Labute approximate surface area is 152 Å². The SMILES string of the molecule is O=C(NC[C@H]1Cc2cccc(-c3ncccn3)c2O1)[C@@H]1C[C@@H]2C=C[C@H]1C2. The van der Waals surface area contributed by atoms with Crippen LogP contribution in [-0.2, 0) is 11.2 Å². The topological polar surface area (TPSA) is 64.1 Å². The summed E-state index contributed by atoms with van der Waals surface area (Å²) in [6.07, 6.45) is 10.8. The highest BCUT2D eigenvalue weighted by atomic mass is 16.5. The molecule has 5 nitrogen and oxygen atoms in total. The molecule has 0 spiro atoms. The molecule has 0 radical (unpaired) electrons. The molecule has 1 aromatic carbocycles. The molecule has 5 heteroatoms. The zero-order valence-electron chi connectivity index (χ0n) is 14.5. The fraction of sp³-hybridized carbons (Fsp3) is 0.381. The number of rotatable bonds is 4. The summed E-state index contributed by atoms with van der Waals surface area (Å²) in [6.45, 7) is 0.542. The molecular formula is C21H21N3O2. The summed E-state index contributed by atoms with van der Waals surface area (Å²) < 4.78 is 6.16. The molecule has 2 aliphatic carbocycles. The van der Waals surface area contributed by atoms with Crippen LogP contribution in [0.5, 0.6) is 5.75 Å². The van der Waals surface area contributed by atoms with Crippen molar-refractivity contribution in [2.75, 3.05) is 6.54 Å². The predicted octanol–water partition coefficient (Wildman–Crippen LogP) is 2.78. The first-order valence-electron chi connectivity index (χ1n) is 9.30. The highest BCUT2D eigenvalue weighted by molar-refractivity contribution is 5.80. The summed E-state index contributed by atoms with van der Waals surface area (Å²) >= 11 is 0. The number of fused-ring (bicyclic) bond motifs is 3. The Morgan fingerprint density at radius 1 is 1.15 bits per heavy atom. The van der Waals surface area contributed by atoms with Crippen LogP contribution in [-0.4, -0.2) is 28.5 Å². The number of hydrogen-bond acceptors (Lipinski definition) is 4. The third-order valence-electron chi connectivity index (χ3n) is 5.75. The van der Waals surface area contributed by atoms with E-state index in [2.05, 4.69) is 33.5 Å². The molecule has 5 rings (SSSR count). The number of amides is 1. The first-order chi connectivity index (χ1) is 12.8. The van der Waals surface area contributed by atoms with Gasteiger partial charge < -0.3 is 10.1 Å². The number of hydrogen-bond donors (Lipinski definition) is 1. The predicted molar refractivity (Wildman–Crippen MR) is 97.4 cm³/mol. The van der Waals surface area contributed by atoms with Crippen LogP contribution in [0.1, 0.15) is 18.4 Å². The largest absolute Gasteiger partial charge is 0.487 e. The number of aromatic nitrogens is 2. The van der Waals surface area contributed by atoms with Crippen LogP contribution < -0.4 is 10.1 Å². The summed E-state index contributed by atoms with van der Waals surface area (Å²) in [6, 6.07) is 7.87. The van der Waals surface area contributed by atoms with E-state index in [0.717, 1.165) is 36.1 Å². The van der Waals surface area contributed by atoms with E-state index in [1.807, 2.05) is 12.1 Å². The van der Waals surface area contributed by atoms with E-state index in [0.29, 0.717) is 24.2 Å². The Morgan fingerprint density at radius 3 is 2.81 bits per heavy atom. The lowest BCUT2D eigenvalue weighted by Crippen LogP contribution is -2.39. The van der Waals surface area contributed by atoms with Crippen molar-refractivity contribution in [1.82, 2.24) is 15.3 Å². The summed E-state index contributed by atoms with van der Waals surface area (Å²) in [4.78, 5) is 21.2. The minimum absolute atomic E-state index is 0.0343. The summed E-state index contributed by atoms with van der Waals surface area (Å²) in [5.41, 5.74) is 2.06. The third-order valence-corrected chi connectivity index (χ3v) is 5.75. The van der Waals surface area contributed by atoms with Crippen molar-refractivity contribution in [3.63, 3.8) is 0 Å². The minimum Gasteiger partial charge on any atom is -0.487 e. The molecule has 26 heavy (non-hydrogen) atoms. The van der Waals surface area contributed by atoms with Crippen molar-refractivity contribution < 1.29 is 9.53 Å². The molecule has 1 saturated carbocycles. The van der Waals surface area contributed by atoms with Crippen LogP contribution in [0.3, 0.4) is 0 Å². The molecule has 0 saturated heterocycles. The zero-order chi connectivity index (χ0) is 17.5. The van der Waals surface area contributed by atoms with Crippen LogP contribution in [0.15, 0.2) is 48.8 Å². The first-order valence-corrected chi connectivity index (χ1v) is 9.30. The monoisotopic (exact) mass is 347 g/mol. The van der Waals surface area contributed by atoms with Crippen molar-refractivity contribution in [2.24, 2.45) is 17.8 Å². The number of ether oxygens (including phenoxy) is 1. The second-order valence-electron chi connectivity index (χ2n) is 7.44. The van der Waals surface area contributed by atoms with Gasteiger partial charge in [-0.05, 0) is 42.4 Å². The van der Waals surface area contributed by atoms with Crippen molar-refractivity contribution in [3.8, 4) is 17.1 Å². The molecule has 2 aromatic rings. The highest BCUT2D eigenvalue weighted by Crippen LogP contribution is 2.43. The standard InChI is InChI=1S/C21H21N3O2/c25-21(18-10-13-5-6-14(18)9-13)24-12-16-11-15-3-1-4-17(19(15)26-16)20-22-7-2-8-23-20/h1-8,13-14,16,18H,9-12H2,(H,24,25)/t13-,14+,16-,18-/m1/s1. The lowest BCUT2D eigenvalue weighted by molar-refractivity contribution is -0.126. The lowest BCUT2D eigenvalue weighted by Gasteiger charge is -2.19. The Bertz CT molecular complexity index is 865. The van der Waals surface area contributed by atoms with E-state index < -0.39 is 0 Å². The fourth-order valence-corrected chi connectivity index (χ4v) is 4.49. The number of carbonyl (C=O) groups is 1. The van der Waals surface area contributed by atoms with Crippen LogP contribution in [0.25, 0.3) is 11.4 Å². The maximum atomic E-state index is 12.5. The summed E-state index contributed by atoms with van der Waals surface area (Å²) in [7, 11) is 0. The molecule has 1 fully saturated rings. The van der Waals surface area contributed by atoms with Crippen molar-refractivity contribution in [2.45, 2.75) is 25.4 Å². The van der Waals surface area contributed by atoms with Crippen LogP contribution >= 0.6 is 0 Å². The molecule has 2 heterocycles. The summed E-state index contributed by atoms with van der Waals surface area (Å²) in [5, 5.41) is 3.12. The zero-order valence-corrected chi connectivity index (χ0v) is 14.5. The van der Waals surface area contributed by atoms with Gasteiger partial charge in [-0.15, -0.1) is 0 Å². The molecule has 1 aromatic heterocycles. The fourth-order valence-electron chi connectivity index (χ4n) is 4.49. The van der Waals surface area contributed by atoms with Gasteiger partial charge in [0.2, 0.25) is 5.91 Å². The average Bonchev–Trinajstić information content (AvgIpc) is 3.41. The number of allylic oxidation sites excluding steroid dienone is 2. The van der Waals surface area contributed by atoms with E-state index in [1.165, 1.54) is 0 Å². The Kier molecular flexibility index (Phi) is 3.73. The lowest BCUT2D eigenvalue weighted by atomic mass is 9.93. The van der Waals surface area contributed by atoms with E-state index in [1.54, 1.807) is 18.5 Å². The van der Waals surface area contributed by atoms with Crippen molar-refractivity contribution in [3.05, 3.63) is 54.4 Å². The van der Waals surface area contributed by atoms with Gasteiger partial charge in [0.25, 0.3) is 0 Å². The van der Waals surface area contributed by atoms with E-state index in [9.17, 15) is 4.79 Å². The van der Waals surface area contributed by atoms with Crippen molar-refractivity contribution in [1.29, 1.82) is 0 Å². The van der Waals surface area contributed by atoms with Crippen molar-refractivity contribution >= 4 is 5.91 Å². The Morgan fingerprint density at radius 2 is 2.04 bits per heavy atom. The quantitative estimate of drug-likeness (QED) is 0.864. The highest BCUT2D eigenvalue weighted by Gasteiger charge is 2.40. The first kappa shape index (κ1) is 15.6. The molecule has 0 unspecified atom stereocenters. The average molecular weight is 347 g/mol. The van der Waals surface area contributed by atoms with E-state index in [-0.39, 0.29) is 17.9 Å². The van der Waals surface area contributed by atoms with E-state index >= 15 is 0 Å². The second kappa shape index (κ2) is 6.24. The van der Waals surface area contributed by atoms with Gasteiger partial charge >= 0.3 is 0 Å². The van der Waals surface area contributed by atoms with Gasteiger partial charge in [-0.2, -0.15) is 0 Å². The second-order valence-corrected chi connectivity index (χ2v) is 7.44. The molecule has 2 bridgehead atoms. The Hall–Kier alpha value is -2.69. The maximum absolute atomic E-state index is 12.5. The van der Waals surface area contributed by atoms with E-state index in [4.69, 9.17) is 4.74 Å². The molecule has 132 valence electrons. The number of nitrogens with zero attached hydrogens (tertiary/aromatic N) is 2. The van der Waals surface area contributed by atoms with Crippen LogP contribution in [0.4, 0.5) is 0 Å². The minimum atomic E-state index is -0.0343. The normalized spacial score (nSPS) is 28.0. The molecule has 4 atom stereocenters. The van der Waals surface area contributed by atoms with Gasteiger partial charge in [0.05, 0.1) is 12.1 Å². The smallest absolute Gasteiger partial charge is 0.223 e. The molecular weight excluding hydrogens is 326 g/mol. The molecule has 1 amide bonds. The summed E-state index contributed by atoms with van der Waals surface area (Å²) in [5.74, 6) is 2.87.